The van der Waals surface area contributed by atoms with Gasteiger partial charge >= 0.3 is 0 Å². The number of carbonyl (C=O) groups is 2. The number of hydrogen-bond donors (Lipinski definition) is 1. The maximum atomic E-state index is 13.3. The van der Waals surface area contributed by atoms with Crippen LogP contribution in [0, 0.1) is 0 Å². The molecule has 0 aliphatic heterocycles. The molecule has 4 aromatic carbocycles. The number of rotatable bonds is 7. The lowest BCUT2D eigenvalue weighted by molar-refractivity contribution is 0.102. The van der Waals surface area contributed by atoms with E-state index < -0.39 is 0 Å². The van der Waals surface area contributed by atoms with Crippen molar-refractivity contribution in [2.75, 3.05) is 5.32 Å². The fraction of sp³-hybridized carbons (Fsp3) is 0. The summed E-state index contributed by atoms with van der Waals surface area (Å²) in [6, 6.07) is 34.8. The Morgan fingerprint density at radius 2 is 1.31 bits per heavy atom. The molecule has 0 aliphatic carbocycles. The summed E-state index contributed by atoms with van der Waals surface area (Å²) in [7, 11) is 0. The molecule has 6 heteroatoms. The third kappa shape index (κ3) is 5.03. The van der Waals surface area contributed by atoms with Crippen LogP contribution in [0.4, 0.5) is 5.13 Å². The van der Waals surface area contributed by atoms with E-state index >= 15 is 0 Å². The second-order valence-electron chi connectivity index (χ2n) is 7.62. The molecule has 0 radical (unpaired) electrons. The fourth-order valence-electron chi connectivity index (χ4n) is 3.56. The predicted octanol–water partition coefficient (Wildman–Crippen LogP) is 7.09. The lowest BCUT2D eigenvalue weighted by Gasteiger charge is -2.10. The molecule has 5 rings (SSSR count). The second-order valence-corrected chi connectivity index (χ2v) is 8.62. The molecule has 5 aromatic rings. The number of ether oxygens (including phenoxy) is 1. The molecule has 1 aromatic heterocycles. The number of para-hydroxylation sites is 2. The average molecular weight is 477 g/mol. The van der Waals surface area contributed by atoms with Crippen molar-refractivity contribution in [3.8, 4) is 22.8 Å². The number of hydrogen-bond acceptors (Lipinski definition) is 5. The van der Waals surface area contributed by atoms with Gasteiger partial charge in [-0.1, -0.05) is 102 Å². The van der Waals surface area contributed by atoms with Crippen LogP contribution >= 0.6 is 11.3 Å². The zero-order chi connectivity index (χ0) is 24.0. The van der Waals surface area contributed by atoms with Crippen molar-refractivity contribution in [2.24, 2.45) is 0 Å². The number of amides is 1. The Balaban J connectivity index is 1.47. The molecule has 1 N–H and O–H groups in total. The highest BCUT2D eigenvalue weighted by Gasteiger charge is 2.22. The lowest BCUT2D eigenvalue weighted by Crippen LogP contribution is -2.12. The van der Waals surface area contributed by atoms with Crippen LogP contribution in [-0.4, -0.2) is 16.7 Å². The van der Waals surface area contributed by atoms with E-state index in [2.05, 4.69) is 10.3 Å². The zero-order valence-electron chi connectivity index (χ0n) is 18.5. The minimum Gasteiger partial charge on any atom is -0.457 e. The van der Waals surface area contributed by atoms with Crippen molar-refractivity contribution in [3.05, 3.63) is 131 Å². The number of benzene rings is 4. The van der Waals surface area contributed by atoms with Crippen molar-refractivity contribution in [3.63, 3.8) is 0 Å². The summed E-state index contributed by atoms with van der Waals surface area (Å²) in [5.74, 6) is 0.541. The van der Waals surface area contributed by atoms with Gasteiger partial charge in [0.1, 0.15) is 16.4 Å². The van der Waals surface area contributed by atoms with Gasteiger partial charge in [0.2, 0.25) is 5.78 Å². The molecular weight excluding hydrogens is 456 g/mol. The molecular formula is C29H20N2O3S. The smallest absolute Gasteiger partial charge is 0.261 e. The SMILES string of the molecule is O=C(Nc1nc(-c2ccccc2)c(C(=O)c2ccccc2)s1)c1ccccc1Oc1ccccc1. The number of nitrogens with one attached hydrogen (secondary N) is 1. The summed E-state index contributed by atoms with van der Waals surface area (Å²) in [6.45, 7) is 0. The maximum Gasteiger partial charge on any atom is 0.261 e. The summed E-state index contributed by atoms with van der Waals surface area (Å²) < 4.78 is 5.93. The van der Waals surface area contributed by atoms with Gasteiger partial charge in [-0.3, -0.25) is 14.9 Å². The number of aromatic nitrogens is 1. The number of ketones is 1. The number of nitrogens with zero attached hydrogens (tertiary/aromatic N) is 1. The predicted molar refractivity (Wildman–Crippen MR) is 138 cm³/mol. The second kappa shape index (κ2) is 10.2. The van der Waals surface area contributed by atoms with Crippen LogP contribution in [0.5, 0.6) is 11.5 Å². The first-order valence-corrected chi connectivity index (χ1v) is 11.8. The Bertz CT molecular complexity index is 1470. The molecule has 1 amide bonds. The first-order valence-electron chi connectivity index (χ1n) is 11.0. The van der Waals surface area contributed by atoms with E-state index in [-0.39, 0.29) is 11.7 Å². The lowest BCUT2D eigenvalue weighted by atomic mass is 10.1. The number of anilines is 1. The number of thiazole rings is 1. The summed E-state index contributed by atoms with van der Waals surface area (Å²) in [5.41, 5.74) is 2.27. The van der Waals surface area contributed by atoms with Crippen molar-refractivity contribution in [1.82, 2.24) is 4.98 Å². The minimum atomic E-state index is -0.372. The van der Waals surface area contributed by atoms with E-state index in [1.165, 1.54) is 0 Å². The summed E-state index contributed by atoms with van der Waals surface area (Å²) in [6.07, 6.45) is 0. The minimum absolute atomic E-state index is 0.143. The molecule has 0 unspecified atom stereocenters. The highest BCUT2D eigenvalue weighted by molar-refractivity contribution is 7.18. The van der Waals surface area contributed by atoms with Crippen molar-refractivity contribution in [2.45, 2.75) is 0 Å². The molecule has 1 heterocycles. The summed E-state index contributed by atoms with van der Waals surface area (Å²) in [4.78, 5) is 31.6. The molecule has 0 bridgehead atoms. The van der Waals surface area contributed by atoms with Gasteiger partial charge in [0, 0.05) is 11.1 Å². The monoisotopic (exact) mass is 476 g/mol. The maximum absolute atomic E-state index is 13.3. The molecule has 0 saturated heterocycles. The van der Waals surface area contributed by atoms with Crippen LogP contribution in [0.3, 0.4) is 0 Å². The van der Waals surface area contributed by atoms with Gasteiger partial charge in [0.05, 0.1) is 11.3 Å². The Labute approximate surface area is 206 Å². The molecule has 170 valence electrons. The van der Waals surface area contributed by atoms with E-state index in [9.17, 15) is 9.59 Å². The standard InChI is InChI=1S/C29H20N2O3S/c32-26(21-14-6-2-7-15-21)27-25(20-12-4-1-5-13-20)30-29(35-27)31-28(33)23-18-10-11-19-24(23)34-22-16-8-3-9-17-22/h1-19H,(H,30,31,33). The van der Waals surface area contributed by atoms with E-state index in [0.717, 1.165) is 16.9 Å². The van der Waals surface area contributed by atoms with Gasteiger partial charge in [0.15, 0.2) is 5.13 Å². The largest absolute Gasteiger partial charge is 0.457 e. The molecule has 35 heavy (non-hydrogen) atoms. The first kappa shape index (κ1) is 22.3. The van der Waals surface area contributed by atoms with E-state index in [1.54, 1.807) is 30.3 Å². The van der Waals surface area contributed by atoms with E-state index in [1.807, 2.05) is 84.9 Å². The van der Waals surface area contributed by atoms with E-state index in [4.69, 9.17) is 4.74 Å². The van der Waals surface area contributed by atoms with Gasteiger partial charge < -0.3 is 4.74 Å². The van der Waals surface area contributed by atoms with Crippen LogP contribution in [0.15, 0.2) is 115 Å². The highest BCUT2D eigenvalue weighted by atomic mass is 32.1. The van der Waals surface area contributed by atoms with Crippen LogP contribution in [-0.2, 0) is 0 Å². The van der Waals surface area contributed by atoms with Crippen LogP contribution < -0.4 is 10.1 Å². The van der Waals surface area contributed by atoms with Crippen molar-refractivity contribution < 1.29 is 14.3 Å². The third-order valence-electron chi connectivity index (χ3n) is 5.24. The van der Waals surface area contributed by atoms with Gasteiger partial charge in [-0.25, -0.2) is 4.98 Å². The Morgan fingerprint density at radius 3 is 2.03 bits per heavy atom. The normalized spacial score (nSPS) is 10.5. The molecule has 0 atom stereocenters. The van der Waals surface area contributed by atoms with Crippen LogP contribution in [0.2, 0.25) is 0 Å². The van der Waals surface area contributed by atoms with Crippen LogP contribution in [0.1, 0.15) is 25.6 Å². The van der Waals surface area contributed by atoms with Crippen molar-refractivity contribution in [1.29, 1.82) is 0 Å². The Kier molecular flexibility index (Phi) is 6.46. The molecule has 0 fully saturated rings. The third-order valence-corrected chi connectivity index (χ3v) is 6.21. The molecule has 0 saturated carbocycles. The first-order chi connectivity index (χ1) is 17.2. The highest BCUT2D eigenvalue weighted by Crippen LogP contribution is 2.34. The van der Waals surface area contributed by atoms with Crippen molar-refractivity contribution >= 4 is 28.2 Å². The number of carbonyl (C=O) groups excluding carboxylic acids is 2. The van der Waals surface area contributed by atoms with Gasteiger partial charge in [0.25, 0.3) is 5.91 Å². The van der Waals surface area contributed by atoms with Gasteiger partial charge in [-0.05, 0) is 24.3 Å². The van der Waals surface area contributed by atoms with Crippen LogP contribution in [0.25, 0.3) is 11.3 Å². The van der Waals surface area contributed by atoms with Gasteiger partial charge in [-0.2, -0.15) is 0 Å². The topological polar surface area (TPSA) is 68.3 Å². The van der Waals surface area contributed by atoms with Gasteiger partial charge in [-0.15, -0.1) is 0 Å². The summed E-state index contributed by atoms with van der Waals surface area (Å²) in [5, 5.41) is 3.19. The zero-order valence-corrected chi connectivity index (χ0v) is 19.4. The van der Waals surface area contributed by atoms with E-state index in [0.29, 0.717) is 38.3 Å². The fourth-order valence-corrected chi connectivity index (χ4v) is 4.51. The molecule has 0 aliphatic rings. The quantitative estimate of drug-likeness (QED) is 0.255. The average Bonchev–Trinajstić information content (AvgIpc) is 3.34. The molecule has 0 spiro atoms. The Hall–Kier alpha value is -4.55. The Morgan fingerprint density at radius 1 is 0.714 bits per heavy atom. The summed E-state index contributed by atoms with van der Waals surface area (Å²) >= 11 is 1.16. The molecule has 5 nitrogen and oxygen atoms in total.